The van der Waals surface area contributed by atoms with E-state index in [0.29, 0.717) is 17.1 Å². The van der Waals surface area contributed by atoms with Gasteiger partial charge in [0, 0.05) is 42.0 Å². The van der Waals surface area contributed by atoms with Gasteiger partial charge in [-0.25, -0.2) is 8.78 Å². The molecule has 0 spiro atoms. The van der Waals surface area contributed by atoms with Crippen LogP contribution in [0.5, 0.6) is 0 Å². The Morgan fingerprint density at radius 2 is 1.94 bits per heavy atom. The van der Waals surface area contributed by atoms with Gasteiger partial charge in [0.2, 0.25) is 29.2 Å². The van der Waals surface area contributed by atoms with Crippen molar-refractivity contribution in [1.82, 2.24) is 14.6 Å². The molecule has 0 radical (unpaired) electrons. The minimum absolute atomic E-state index is 0.124. The molecule has 33 heavy (non-hydrogen) atoms. The van der Waals surface area contributed by atoms with Crippen molar-refractivity contribution in [3.8, 4) is 11.4 Å². The lowest BCUT2D eigenvalue weighted by atomic mass is 9.81. The molecule has 11 heteroatoms. The number of alkyl halides is 2. The van der Waals surface area contributed by atoms with Crippen LogP contribution in [-0.4, -0.2) is 33.7 Å². The smallest absolute Gasteiger partial charge is 0.305 e. The van der Waals surface area contributed by atoms with E-state index >= 15 is 0 Å². The van der Waals surface area contributed by atoms with E-state index in [1.54, 1.807) is 24.3 Å². The summed E-state index contributed by atoms with van der Waals surface area (Å²) in [5.74, 6) is -3.77. The van der Waals surface area contributed by atoms with Gasteiger partial charge >= 0.3 is 5.91 Å². The van der Waals surface area contributed by atoms with Gasteiger partial charge < -0.3 is 16.0 Å². The molecule has 3 aliphatic rings. The van der Waals surface area contributed by atoms with Crippen molar-refractivity contribution in [2.45, 2.75) is 31.6 Å². The van der Waals surface area contributed by atoms with E-state index in [0.717, 1.165) is 5.56 Å². The van der Waals surface area contributed by atoms with E-state index in [1.807, 2.05) is 6.92 Å². The molecule has 1 aromatic carbocycles. The lowest BCUT2D eigenvalue weighted by Crippen LogP contribution is -2.51. The van der Waals surface area contributed by atoms with Gasteiger partial charge in [-0.05, 0) is 13.0 Å². The van der Waals surface area contributed by atoms with E-state index < -0.39 is 23.7 Å². The first-order chi connectivity index (χ1) is 15.6. The van der Waals surface area contributed by atoms with E-state index in [1.165, 1.54) is 18.5 Å². The number of primary amides is 2. The first-order valence-electron chi connectivity index (χ1n) is 10.1. The molecule has 0 bridgehead atoms. The number of halogens is 2. The highest BCUT2D eigenvalue weighted by Crippen LogP contribution is 2.48. The second kappa shape index (κ2) is 7.01. The van der Waals surface area contributed by atoms with Crippen LogP contribution >= 0.6 is 0 Å². The summed E-state index contributed by atoms with van der Waals surface area (Å²) in [7, 11) is 0. The van der Waals surface area contributed by atoms with Crippen LogP contribution in [0.2, 0.25) is 0 Å². The Kier molecular flexibility index (Phi) is 4.43. The molecule has 9 nitrogen and oxygen atoms in total. The number of rotatable bonds is 5. The van der Waals surface area contributed by atoms with Crippen LogP contribution in [0.25, 0.3) is 11.4 Å². The van der Waals surface area contributed by atoms with Gasteiger partial charge in [0.05, 0.1) is 5.57 Å². The molecule has 0 saturated heterocycles. The number of hydrogen-bond acceptors (Lipinski definition) is 6. The molecule has 168 valence electrons. The minimum Gasteiger partial charge on any atom is -0.365 e. The maximum Gasteiger partial charge on any atom is 0.305 e. The number of carbonyl (C=O) groups is 2. The monoisotopic (exact) mass is 453 g/mol. The maximum atomic E-state index is 13.2. The fourth-order valence-electron chi connectivity index (χ4n) is 4.33. The largest absolute Gasteiger partial charge is 0.365 e. The third-order valence-electron chi connectivity index (χ3n) is 6.07. The number of amides is 2. The molecular weight excluding hydrogens is 434 g/mol. The highest BCUT2D eigenvalue weighted by molar-refractivity contribution is 6.17. The van der Waals surface area contributed by atoms with Crippen molar-refractivity contribution in [3.63, 3.8) is 0 Å². The fourth-order valence-corrected chi connectivity index (χ4v) is 4.33. The van der Waals surface area contributed by atoms with Gasteiger partial charge in [0.15, 0.2) is 5.69 Å². The van der Waals surface area contributed by atoms with Gasteiger partial charge in [-0.1, -0.05) is 17.3 Å². The number of benzene rings is 1. The van der Waals surface area contributed by atoms with Crippen molar-refractivity contribution in [1.29, 1.82) is 0 Å². The van der Waals surface area contributed by atoms with Crippen LogP contribution in [0.4, 0.5) is 14.5 Å². The van der Waals surface area contributed by atoms with Gasteiger partial charge in [-0.15, -0.1) is 0 Å². The third kappa shape index (κ3) is 3.20. The Hall–Kier alpha value is -3.99. The van der Waals surface area contributed by atoms with E-state index in [4.69, 9.17) is 16.0 Å². The van der Waals surface area contributed by atoms with Crippen molar-refractivity contribution < 1.29 is 22.9 Å². The van der Waals surface area contributed by atoms with E-state index in [9.17, 15) is 18.4 Å². The Labute approximate surface area is 186 Å². The summed E-state index contributed by atoms with van der Waals surface area (Å²) in [6.45, 7) is 1.83. The number of hydrogen-bond donors (Lipinski definition) is 2. The van der Waals surface area contributed by atoms with Crippen LogP contribution in [0.15, 0.2) is 63.5 Å². The van der Waals surface area contributed by atoms with Crippen LogP contribution < -0.4 is 16.0 Å². The third-order valence-corrected chi connectivity index (χ3v) is 6.07. The predicted octanol–water partition coefficient (Wildman–Crippen LogP) is 2.54. The Bertz CT molecular complexity index is 1330. The number of aryl methyl sites for hydroxylation is 1. The second-order valence-corrected chi connectivity index (χ2v) is 8.29. The first kappa shape index (κ1) is 20.9. The predicted molar refractivity (Wildman–Crippen MR) is 114 cm³/mol. The van der Waals surface area contributed by atoms with Crippen molar-refractivity contribution >= 4 is 23.3 Å². The van der Waals surface area contributed by atoms with Crippen LogP contribution in [0, 0.1) is 6.92 Å². The quantitative estimate of drug-likeness (QED) is 0.670. The molecule has 5 rings (SSSR count). The maximum absolute atomic E-state index is 13.2. The van der Waals surface area contributed by atoms with Gasteiger partial charge in [0.25, 0.3) is 5.91 Å². The summed E-state index contributed by atoms with van der Waals surface area (Å²) in [6.07, 6.45) is 5.35. The molecule has 1 unspecified atom stereocenters. The summed E-state index contributed by atoms with van der Waals surface area (Å²) in [6, 6.07) is 5.27. The number of amidine groups is 1. The second-order valence-electron chi connectivity index (χ2n) is 8.29. The normalized spacial score (nSPS) is 23.3. The van der Waals surface area contributed by atoms with Crippen molar-refractivity contribution in [2.24, 2.45) is 16.5 Å². The van der Waals surface area contributed by atoms with Gasteiger partial charge in [-0.2, -0.15) is 14.5 Å². The highest BCUT2D eigenvalue weighted by atomic mass is 19.3. The molecule has 4 N–H and O–H groups in total. The van der Waals surface area contributed by atoms with Crippen LogP contribution in [-0.2, 0) is 9.59 Å². The van der Waals surface area contributed by atoms with Crippen LogP contribution in [0.3, 0.4) is 0 Å². The molecule has 1 aromatic heterocycles. The summed E-state index contributed by atoms with van der Waals surface area (Å²) >= 11 is 0. The molecule has 1 fully saturated rings. The summed E-state index contributed by atoms with van der Waals surface area (Å²) in [5.41, 5.74) is 13.3. The molecule has 1 saturated carbocycles. The lowest BCUT2D eigenvalue weighted by Gasteiger charge is -2.33. The summed E-state index contributed by atoms with van der Waals surface area (Å²) in [4.78, 5) is 32.9. The molecule has 1 aliphatic carbocycles. The first-order valence-corrected chi connectivity index (χ1v) is 10.1. The molecular formula is C22H19F2N6O3+. The van der Waals surface area contributed by atoms with Gasteiger partial charge in [-0.3, -0.25) is 9.59 Å². The van der Waals surface area contributed by atoms with Crippen molar-refractivity contribution in [3.05, 3.63) is 65.5 Å². The van der Waals surface area contributed by atoms with E-state index in [2.05, 4.69) is 15.1 Å². The number of nitrogens with two attached hydrogens (primary N) is 2. The standard InChI is InChI=1S/C22H18F2N6O3/c1-11-2-3-12(20-28-21(33-29-20)14-7-22(23,24)8-14)6-15(11)30-10-13(18(25)31)4-5-17(30)27-9-16(30)19(26)32/h2-6,9-10,14H,7-8H2,1H3,(H3-,25,26,31,32)/p+1. The Morgan fingerprint density at radius 1 is 1.18 bits per heavy atom. The minimum atomic E-state index is -2.71. The highest BCUT2D eigenvalue weighted by Gasteiger charge is 2.50. The zero-order valence-electron chi connectivity index (χ0n) is 17.5. The number of fused-ring (bicyclic) bond motifs is 1. The molecule has 2 aliphatic heterocycles. The number of aliphatic imine (C=N–C) groups is 1. The number of aromatic nitrogens is 2. The average molecular weight is 453 g/mol. The topological polar surface area (TPSA) is 137 Å². The molecule has 3 heterocycles. The lowest BCUT2D eigenvalue weighted by molar-refractivity contribution is -0.116. The Morgan fingerprint density at radius 3 is 2.61 bits per heavy atom. The zero-order chi connectivity index (χ0) is 23.5. The Balaban J connectivity index is 1.61. The molecule has 1 atom stereocenters. The summed E-state index contributed by atoms with van der Waals surface area (Å²) in [5, 5.41) is 3.96. The van der Waals surface area contributed by atoms with Crippen LogP contribution in [0.1, 0.15) is 30.2 Å². The summed E-state index contributed by atoms with van der Waals surface area (Å²) < 4.78 is 31.4. The molecule has 2 aromatic rings. The number of carbonyl (C=O) groups excluding carboxylic acids is 2. The van der Waals surface area contributed by atoms with Gasteiger partial charge in [0.1, 0.15) is 12.4 Å². The van der Waals surface area contributed by atoms with Crippen molar-refractivity contribution in [2.75, 3.05) is 0 Å². The average Bonchev–Trinajstić information content (AvgIpc) is 3.37. The SMILES string of the molecule is Cc1ccc(-c2noc(C3CC(F)(F)C3)n2)cc1[N+]12C=C(C(N)=O)C=CC1=NC=C2C(N)=O. The van der Waals surface area contributed by atoms with E-state index in [-0.39, 0.29) is 40.3 Å². The number of nitrogens with zero attached hydrogens (tertiary/aromatic N) is 4. The zero-order valence-corrected chi connectivity index (χ0v) is 17.5. The number of quaternary nitrogens is 1. The fraction of sp³-hybridized carbons (Fsp3) is 0.227. The molecule has 2 amide bonds.